The lowest BCUT2D eigenvalue weighted by molar-refractivity contribution is 0.416. The number of rotatable bonds is 5. The molecule has 0 atom stereocenters. The van der Waals surface area contributed by atoms with Gasteiger partial charge in [-0.15, -0.1) is 0 Å². The van der Waals surface area contributed by atoms with E-state index in [2.05, 4.69) is 10.4 Å². The maximum atomic E-state index is 12.2. The van der Waals surface area contributed by atoms with E-state index in [1.165, 1.54) is 17.5 Å². The Balaban J connectivity index is 1.99. The third-order valence-corrected chi connectivity index (χ3v) is 3.68. The highest BCUT2D eigenvalue weighted by Gasteiger charge is 2.21. The fraction of sp³-hybridized carbons (Fsp3) is 0.375. The molecule has 1 heterocycles. The van der Waals surface area contributed by atoms with E-state index in [0.29, 0.717) is 12.6 Å². The Labute approximate surface area is 123 Å². The number of para-hydroxylation sites is 1. The zero-order valence-electron chi connectivity index (χ0n) is 12.3. The van der Waals surface area contributed by atoms with Crippen LogP contribution in [0.3, 0.4) is 0 Å². The molecule has 0 aliphatic heterocycles. The predicted molar refractivity (Wildman–Crippen MR) is 81.3 cm³/mol. The maximum absolute atomic E-state index is 12.2. The van der Waals surface area contributed by atoms with E-state index < -0.39 is 0 Å². The predicted octanol–water partition coefficient (Wildman–Crippen LogP) is 1.71. The molecular formula is C16H19N3O2. The van der Waals surface area contributed by atoms with Gasteiger partial charge in [0, 0.05) is 30.8 Å². The fourth-order valence-electron chi connectivity index (χ4n) is 2.33. The van der Waals surface area contributed by atoms with Crippen LogP contribution >= 0.6 is 0 Å². The molecule has 0 bridgehead atoms. The molecule has 1 aliphatic carbocycles. The molecule has 0 radical (unpaired) electrons. The van der Waals surface area contributed by atoms with Gasteiger partial charge in [-0.1, -0.05) is 12.1 Å². The van der Waals surface area contributed by atoms with Crippen LogP contribution < -0.4 is 15.6 Å². The van der Waals surface area contributed by atoms with Crippen LogP contribution in [-0.2, 0) is 13.6 Å². The van der Waals surface area contributed by atoms with Crippen molar-refractivity contribution in [3.05, 3.63) is 46.2 Å². The minimum absolute atomic E-state index is 0.0539. The number of aromatic nitrogens is 2. The number of hydrogen-bond donors (Lipinski definition) is 1. The molecule has 3 rings (SSSR count). The van der Waals surface area contributed by atoms with E-state index in [9.17, 15) is 4.79 Å². The molecule has 0 spiro atoms. The van der Waals surface area contributed by atoms with Crippen molar-refractivity contribution in [2.45, 2.75) is 25.4 Å². The first kappa shape index (κ1) is 13.8. The van der Waals surface area contributed by atoms with Crippen molar-refractivity contribution < 1.29 is 4.74 Å². The minimum Gasteiger partial charge on any atom is -0.496 e. The van der Waals surface area contributed by atoms with Gasteiger partial charge in [0.15, 0.2) is 0 Å². The van der Waals surface area contributed by atoms with Crippen molar-refractivity contribution in [3.63, 3.8) is 0 Å². The molecule has 5 heteroatoms. The molecule has 1 N–H and O–H groups in total. The van der Waals surface area contributed by atoms with Crippen LogP contribution in [0, 0.1) is 0 Å². The summed E-state index contributed by atoms with van der Waals surface area (Å²) in [5, 5.41) is 7.73. The number of benzene rings is 1. The average molecular weight is 285 g/mol. The lowest BCUT2D eigenvalue weighted by Gasteiger charge is -2.11. The van der Waals surface area contributed by atoms with Crippen molar-refractivity contribution in [3.8, 4) is 17.0 Å². The molecule has 21 heavy (non-hydrogen) atoms. The van der Waals surface area contributed by atoms with Crippen molar-refractivity contribution in [1.29, 1.82) is 0 Å². The summed E-state index contributed by atoms with van der Waals surface area (Å²) in [6.07, 6.45) is 2.40. The molecule has 1 saturated carbocycles. The summed E-state index contributed by atoms with van der Waals surface area (Å²) in [7, 11) is 3.32. The normalized spacial score (nSPS) is 14.2. The number of hydrogen-bond acceptors (Lipinski definition) is 4. The number of methoxy groups -OCH3 is 1. The van der Waals surface area contributed by atoms with Gasteiger partial charge in [0.1, 0.15) is 5.75 Å². The van der Waals surface area contributed by atoms with Crippen molar-refractivity contribution in [2.75, 3.05) is 7.11 Å². The van der Waals surface area contributed by atoms with Gasteiger partial charge in [-0.3, -0.25) is 4.79 Å². The van der Waals surface area contributed by atoms with Gasteiger partial charge < -0.3 is 10.1 Å². The van der Waals surface area contributed by atoms with Gasteiger partial charge in [0.25, 0.3) is 5.56 Å². The zero-order valence-corrected chi connectivity index (χ0v) is 12.3. The molecule has 5 nitrogen and oxygen atoms in total. The van der Waals surface area contributed by atoms with Crippen LogP contribution in [-0.4, -0.2) is 22.9 Å². The molecule has 0 unspecified atom stereocenters. The Bertz CT molecular complexity index is 705. The quantitative estimate of drug-likeness (QED) is 0.908. The van der Waals surface area contributed by atoms with E-state index in [1.54, 1.807) is 14.2 Å². The van der Waals surface area contributed by atoms with Crippen LogP contribution in [0.5, 0.6) is 5.75 Å². The van der Waals surface area contributed by atoms with Gasteiger partial charge >= 0.3 is 0 Å². The Kier molecular flexibility index (Phi) is 3.75. The monoisotopic (exact) mass is 285 g/mol. The van der Waals surface area contributed by atoms with E-state index in [1.807, 2.05) is 30.3 Å². The van der Waals surface area contributed by atoms with E-state index in [4.69, 9.17) is 4.74 Å². The van der Waals surface area contributed by atoms with Crippen LogP contribution in [0.25, 0.3) is 11.3 Å². The number of ether oxygens (including phenoxy) is 1. The molecule has 0 amide bonds. The zero-order chi connectivity index (χ0) is 14.8. The van der Waals surface area contributed by atoms with E-state index in [-0.39, 0.29) is 5.56 Å². The summed E-state index contributed by atoms with van der Waals surface area (Å²) >= 11 is 0. The van der Waals surface area contributed by atoms with Crippen LogP contribution in [0.2, 0.25) is 0 Å². The highest BCUT2D eigenvalue weighted by molar-refractivity contribution is 5.67. The average Bonchev–Trinajstić information content (AvgIpc) is 3.33. The summed E-state index contributed by atoms with van der Waals surface area (Å²) in [6, 6.07) is 10.1. The van der Waals surface area contributed by atoms with Crippen molar-refractivity contribution in [1.82, 2.24) is 15.1 Å². The van der Waals surface area contributed by atoms with Crippen LogP contribution in [0.15, 0.2) is 35.1 Å². The first-order valence-electron chi connectivity index (χ1n) is 7.13. The lowest BCUT2D eigenvalue weighted by atomic mass is 10.1. The van der Waals surface area contributed by atoms with E-state index >= 15 is 0 Å². The number of nitrogens with zero attached hydrogens (tertiary/aromatic N) is 2. The van der Waals surface area contributed by atoms with Gasteiger partial charge in [-0.25, -0.2) is 4.68 Å². The molecule has 1 aromatic carbocycles. The molecule has 0 saturated heterocycles. The van der Waals surface area contributed by atoms with Crippen LogP contribution in [0.1, 0.15) is 18.4 Å². The van der Waals surface area contributed by atoms with Gasteiger partial charge in [-0.2, -0.15) is 5.10 Å². The summed E-state index contributed by atoms with van der Waals surface area (Å²) in [5.41, 5.74) is 2.33. The topological polar surface area (TPSA) is 56.1 Å². The summed E-state index contributed by atoms with van der Waals surface area (Å²) < 4.78 is 6.77. The molecule has 1 fully saturated rings. The van der Waals surface area contributed by atoms with Crippen LogP contribution in [0.4, 0.5) is 0 Å². The summed E-state index contributed by atoms with van der Waals surface area (Å²) in [6.45, 7) is 0.585. The number of nitrogens with one attached hydrogen (secondary N) is 1. The highest BCUT2D eigenvalue weighted by atomic mass is 16.5. The molecule has 2 aromatic rings. The SMILES string of the molecule is COc1ccccc1-c1cc(CNC2CC2)c(=O)n(C)n1. The highest BCUT2D eigenvalue weighted by Crippen LogP contribution is 2.27. The van der Waals surface area contributed by atoms with Crippen molar-refractivity contribution in [2.24, 2.45) is 7.05 Å². The number of aryl methyl sites for hydroxylation is 1. The van der Waals surface area contributed by atoms with Gasteiger partial charge in [-0.05, 0) is 31.0 Å². The maximum Gasteiger partial charge on any atom is 0.271 e. The Morgan fingerprint density at radius 3 is 2.86 bits per heavy atom. The minimum atomic E-state index is -0.0539. The second-order valence-electron chi connectivity index (χ2n) is 5.34. The Morgan fingerprint density at radius 1 is 1.38 bits per heavy atom. The van der Waals surface area contributed by atoms with Crippen molar-refractivity contribution >= 4 is 0 Å². The first-order valence-corrected chi connectivity index (χ1v) is 7.13. The standard InChI is InChI=1S/C16H19N3O2/c1-19-16(20)11(10-17-12-7-8-12)9-14(18-19)13-5-3-4-6-15(13)21-2/h3-6,9,12,17H,7-8,10H2,1-2H3. The molecule has 110 valence electrons. The smallest absolute Gasteiger partial charge is 0.271 e. The largest absolute Gasteiger partial charge is 0.496 e. The van der Waals surface area contributed by atoms with E-state index in [0.717, 1.165) is 22.6 Å². The summed E-state index contributed by atoms with van der Waals surface area (Å²) in [4.78, 5) is 12.2. The Hall–Kier alpha value is -2.14. The first-order chi connectivity index (χ1) is 10.2. The van der Waals surface area contributed by atoms with Gasteiger partial charge in [0.2, 0.25) is 0 Å². The fourth-order valence-corrected chi connectivity index (χ4v) is 2.33. The van der Waals surface area contributed by atoms with Gasteiger partial charge in [0.05, 0.1) is 12.8 Å². The molecular weight excluding hydrogens is 266 g/mol. The Morgan fingerprint density at radius 2 is 2.14 bits per heavy atom. The summed E-state index contributed by atoms with van der Waals surface area (Å²) in [5.74, 6) is 0.754. The lowest BCUT2D eigenvalue weighted by Crippen LogP contribution is -2.28. The molecule has 1 aliphatic rings. The third kappa shape index (κ3) is 2.97. The second kappa shape index (κ2) is 5.69. The second-order valence-corrected chi connectivity index (χ2v) is 5.34. The third-order valence-electron chi connectivity index (χ3n) is 3.68. The molecule has 1 aromatic heterocycles.